The molecule has 3 rings (SSSR count). The summed E-state index contributed by atoms with van der Waals surface area (Å²) in [6.45, 7) is 2.95. The number of amides is 2. The number of benzene rings is 1. The zero-order valence-corrected chi connectivity index (χ0v) is 18.4. The Bertz CT molecular complexity index is 990. The Morgan fingerprint density at radius 2 is 1.88 bits per heavy atom. The number of unbranched alkanes of at least 4 members (excludes halogenated alkanes) is 3. The summed E-state index contributed by atoms with van der Waals surface area (Å²) >= 11 is 0. The van der Waals surface area contributed by atoms with Gasteiger partial charge in [-0.15, -0.1) is 0 Å². The fourth-order valence-corrected chi connectivity index (χ4v) is 3.52. The van der Waals surface area contributed by atoms with Gasteiger partial charge in [-0.05, 0) is 36.8 Å². The van der Waals surface area contributed by atoms with Crippen molar-refractivity contribution in [2.75, 3.05) is 24.7 Å². The third kappa shape index (κ3) is 6.34. The van der Waals surface area contributed by atoms with E-state index in [1.165, 1.54) is 29.3 Å². The van der Waals surface area contributed by atoms with Crippen molar-refractivity contribution in [2.45, 2.75) is 38.8 Å². The molecule has 0 atom stereocenters. The van der Waals surface area contributed by atoms with Crippen molar-refractivity contribution in [3.63, 3.8) is 0 Å². The molecule has 1 aliphatic rings. The average Bonchev–Trinajstić information content (AvgIpc) is 2.83. The van der Waals surface area contributed by atoms with Crippen molar-refractivity contribution in [3.8, 4) is 0 Å². The van der Waals surface area contributed by atoms with Crippen molar-refractivity contribution < 1.29 is 22.8 Å². The fourth-order valence-electron chi connectivity index (χ4n) is 3.52. The number of alkyl halides is 3. The fraction of sp³-hybridized carbons (Fsp3) is 0.375. The minimum absolute atomic E-state index is 0.0392. The lowest BCUT2D eigenvalue weighted by atomic mass is 10.1. The molecule has 2 aromatic rings. The SMILES string of the molecule is CCCCCCNC(=O)c1ccc(N2C=CCN(C(=O)c3ccccc3C(F)(F)F)C2)nc1. The van der Waals surface area contributed by atoms with Crippen LogP contribution in [-0.4, -0.2) is 41.5 Å². The summed E-state index contributed by atoms with van der Waals surface area (Å²) in [5, 5.41) is 2.86. The highest BCUT2D eigenvalue weighted by atomic mass is 19.4. The molecule has 176 valence electrons. The predicted octanol–water partition coefficient (Wildman–Crippen LogP) is 4.84. The summed E-state index contributed by atoms with van der Waals surface area (Å²) < 4.78 is 39.9. The largest absolute Gasteiger partial charge is 0.417 e. The summed E-state index contributed by atoms with van der Waals surface area (Å²) in [6.07, 6.45) is 4.48. The zero-order valence-electron chi connectivity index (χ0n) is 18.4. The average molecular weight is 461 g/mol. The second-order valence-corrected chi connectivity index (χ2v) is 7.79. The van der Waals surface area contributed by atoms with Crippen LogP contribution < -0.4 is 10.2 Å². The van der Waals surface area contributed by atoms with Crippen LogP contribution >= 0.6 is 0 Å². The first-order valence-electron chi connectivity index (χ1n) is 10.9. The number of nitrogens with zero attached hydrogens (tertiary/aromatic N) is 3. The molecule has 0 spiro atoms. The lowest BCUT2D eigenvalue weighted by molar-refractivity contribution is -0.138. The third-order valence-corrected chi connectivity index (χ3v) is 5.30. The first kappa shape index (κ1) is 24.3. The molecular formula is C24H27F3N4O2. The molecule has 0 saturated heterocycles. The standard InChI is InChI=1S/C24H27F3N4O2/c1-2-3-4-7-13-28-22(32)18-11-12-21(29-16-18)30-14-8-15-31(17-30)23(33)19-9-5-6-10-20(19)24(25,26)27/h5-6,8-12,14,16H,2-4,7,13,15,17H2,1H3,(H,28,32). The number of nitrogens with one attached hydrogen (secondary N) is 1. The van der Waals surface area contributed by atoms with Crippen LogP contribution in [0.3, 0.4) is 0 Å². The monoisotopic (exact) mass is 460 g/mol. The number of pyridine rings is 1. The van der Waals surface area contributed by atoms with Gasteiger partial charge in [0.1, 0.15) is 5.82 Å². The Hall–Kier alpha value is -3.36. The van der Waals surface area contributed by atoms with E-state index in [1.807, 2.05) is 0 Å². The molecule has 2 amide bonds. The molecule has 0 radical (unpaired) electrons. The highest BCUT2D eigenvalue weighted by Gasteiger charge is 2.36. The van der Waals surface area contributed by atoms with Crippen molar-refractivity contribution in [3.05, 3.63) is 71.6 Å². The number of halogens is 3. The maximum absolute atomic E-state index is 13.3. The second kappa shape index (κ2) is 11.0. The first-order valence-corrected chi connectivity index (χ1v) is 10.9. The van der Waals surface area contributed by atoms with E-state index in [0.29, 0.717) is 17.9 Å². The van der Waals surface area contributed by atoms with Crippen LogP contribution in [0.15, 0.2) is 54.9 Å². The topological polar surface area (TPSA) is 65.5 Å². The number of hydrogen-bond donors (Lipinski definition) is 1. The number of carbonyl (C=O) groups is 2. The lowest BCUT2D eigenvalue weighted by Gasteiger charge is -2.32. The van der Waals surface area contributed by atoms with Crippen LogP contribution in [0.1, 0.15) is 58.9 Å². The molecule has 9 heteroatoms. The van der Waals surface area contributed by atoms with Crippen LogP contribution in [0.4, 0.5) is 19.0 Å². The van der Waals surface area contributed by atoms with E-state index in [1.54, 1.807) is 29.3 Å². The quantitative estimate of drug-likeness (QED) is 0.573. The molecule has 0 bridgehead atoms. The molecule has 0 aliphatic carbocycles. The number of aromatic nitrogens is 1. The van der Waals surface area contributed by atoms with Gasteiger partial charge < -0.3 is 15.1 Å². The smallest absolute Gasteiger partial charge is 0.352 e. The van der Waals surface area contributed by atoms with E-state index >= 15 is 0 Å². The molecule has 0 saturated carbocycles. The van der Waals surface area contributed by atoms with Gasteiger partial charge in [-0.1, -0.05) is 38.3 Å². The maximum Gasteiger partial charge on any atom is 0.417 e. The molecule has 0 unspecified atom stereocenters. The molecule has 1 aliphatic heterocycles. The predicted molar refractivity (Wildman–Crippen MR) is 120 cm³/mol. The van der Waals surface area contributed by atoms with Crippen LogP contribution in [0.2, 0.25) is 0 Å². The van der Waals surface area contributed by atoms with Crippen LogP contribution in [-0.2, 0) is 6.18 Å². The third-order valence-electron chi connectivity index (χ3n) is 5.30. The van der Waals surface area contributed by atoms with Gasteiger partial charge in [-0.2, -0.15) is 13.2 Å². The Morgan fingerprint density at radius 1 is 1.09 bits per heavy atom. The van der Waals surface area contributed by atoms with Gasteiger partial charge in [0.25, 0.3) is 11.8 Å². The van der Waals surface area contributed by atoms with E-state index in [4.69, 9.17) is 0 Å². The molecule has 1 aromatic heterocycles. The molecule has 2 heterocycles. The van der Waals surface area contributed by atoms with E-state index in [-0.39, 0.29) is 24.7 Å². The van der Waals surface area contributed by atoms with Gasteiger partial charge >= 0.3 is 6.18 Å². The van der Waals surface area contributed by atoms with Gasteiger partial charge in [0.2, 0.25) is 0 Å². The van der Waals surface area contributed by atoms with Crippen molar-refractivity contribution in [1.29, 1.82) is 0 Å². The Labute approximate surface area is 191 Å². The molecular weight excluding hydrogens is 433 g/mol. The number of anilines is 1. The molecule has 0 fully saturated rings. The van der Waals surface area contributed by atoms with Gasteiger partial charge in [0.05, 0.1) is 23.4 Å². The van der Waals surface area contributed by atoms with E-state index < -0.39 is 17.6 Å². The normalized spacial score (nSPS) is 13.8. The minimum Gasteiger partial charge on any atom is -0.352 e. The van der Waals surface area contributed by atoms with Gasteiger partial charge in [0.15, 0.2) is 0 Å². The number of hydrogen-bond acceptors (Lipinski definition) is 4. The lowest BCUT2D eigenvalue weighted by Crippen LogP contribution is -2.43. The maximum atomic E-state index is 13.3. The van der Waals surface area contributed by atoms with Crippen molar-refractivity contribution in [2.24, 2.45) is 0 Å². The summed E-state index contributed by atoms with van der Waals surface area (Å²) in [7, 11) is 0. The van der Waals surface area contributed by atoms with Crippen molar-refractivity contribution >= 4 is 17.6 Å². The molecule has 1 aromatic carbocycles. The molecule has 33 heavy (non-hydrogen) atoms. The Morgan fingerprint density at radius 3 is 2.58 bits per heavy atom. The summed E-state index contributed by atoms with van der Waals surface area (Å²) in [4.78, 5) is 32.4. The van der Waals surface area contributed by atoms with Crippen LogP contribution in [0.5, 0.6) is 0 Å². The van der Waals surface area contributed by atoms with E-state index in [2.05, 4.69) is 17.2 Å². The first-order chi connectivity index (χ1) is 15.8. The Kier molecular flexibility index (Phi) is 8.08. The molecule has 1 N–H and O–H groups in total. The second-order valence-electron chi connectivity index (χ2n) is 7.79. The van der Waals surface area contributed by atoms with Gasteiger partial charge in [0, 0.05) is 25.5 Å². The summed E-state index contributed by atoms with van der Waals surface area (Å²) in [5.74, 6) is -0.441. The highest BCUT2D eigenvalue weighted by molar-refractivity contribution is 5.96. The minimum atomic E-state index is -4.62. The summed E-state index contributed by atoms with van der Waals surface area (Å²) in [5.41, 5.74) is -0.930. The molecule has 6 nitrogen and oxygen atoms in total. The van der Waals surface area contributed by atoms with Crippen LogP contribution in [0.25, 0.3) is 0 Å². The van der Waals surface area contributed by atoms with Gasteiger partial charge in [-0.3, -0.25) is 9.59 Å². The number of rotatable bonds is 8. The van der Waals surface area contributed by atoms with E-state index in [0.717, 1.165) is 31.7 Å². The van der Waals surface area contributed by atoms with E-state index in [9.17, 15) is 22.8 Å². The number of carbonyl (C=O) groups excluding carboxylic acids is 2. The zero-order chi connectivity index (χ0) is 23.8. The summed E-state index contributed by atoms with van der Waals surface area (Å²) in [6, 6.07) is 8.04. The van der Waals surface area contributed by atoms with Crippen molar-refractivity contribution in [1.82, 2.24) is 15.2 Å². The Balaban J connectivity index is 1.64. The highest BCUT2D eigenvalue weighted by Crippen LogP contribution is 2.32. The van der Waals surface area contributed by atoms with Gasteiger partial charge in [-0.25, -0.2) is 4.98 Å². The van der Waals surface area contributed by atoms with Crippen LogP contribution in [0, 0.1) is 0 Å².